The Hall–Kier alpha value is -1.19. The topological polar surface area (TPSA) is 80.2 Å². The van der Waals surface area contributed by atoms with Gasteiger partial charge < -0.3 is 4.90 Å². The molecule has 1 fully saturated rings. The molecule has 6 nitrogen and oxygen atoms in total. The highest BCUT2D eigenvalue weighted by Gasteiger charge is 2.34. The van der Waals surface area contributed by atoms with E-state index in [4.69, 9.17) is 0 Å². The second-order valence-corrected chi connectivity index (χ2v) is 12.0. The first-order chi connectivity index (χ1) is 13.4. The van der Waals surface area contributed by atoms with Crippen LogP contribution in [0.2, 0.25) is 0 Å². The second-order valence-electron chi connectivity index (χ2n) is 7.74. The highest BCUT2D eigenvalue weighted by Crippen LogP contribution is 2.40. The van der Waals surface area contributed by atoms with E-state index in [9.17, 15) is 13.2 Å². The number of thiophene rings is 1. The van der Waals surface area contributed by atoms with Crippen molar-refractivity contribution in [2.75, 3.05) is 23.8 Å². The molecule has 9 heteroatoms. The van der Waals surface area contributed by atoms with Gasteiger partial charge in [0.2, 0.25) is 5.91 Å². The molecular weight excluding hydrogens is 414 g/mol. The van der Waals surface area contributed by atoms with Crippen molar-refractivity contribution in [2.24, 2.45) is 5.92 Å². The molecule has 0 aromatic carbocycles. The van der Waals surface area contributed by atoms with Crippen LogP contribution >= 0.6 is 23.1 Å². The fraction of sp³-hybridized carbons (Fsp3) is 0.632. The van der Waals surface area contributed by atoms with Crippen molar-refractivity contribution in [1.29, 1.82) is 0 Å². The third kappa shape index (κ3) is 3.93. The number of hydrogen-bond donors (Lipinski definition) is 0. The number of rotatable bonds is 5. The molecule has 1 amide bonds. The molecule has 1 aliphatic carbocycles. The van der Waals surface area contributed by atoms with Crippen molar-refractivity contribution in [1.82, 2.24) is 14.9 Å². The Morgan fingerprint density at radius 2 is 2.18 bits per heavy atom. The molecule has 3 heterocycles. The molecule has 2 aromatic rings. The summed E-state index contributed by atoms with van der Waals surface area (Å²) in [6.45, 7) is 4.73. The molecule has 0 saturated carbocycles. The van der Waals surface area contributed by atoms with Crippen molar-refractivity contribution in [2.45, 2.75) is 50.6 Å². The van der Waals surface area contributed by atoms with Crippen molar-refractivity contribution < 1.29 is 13.2 Å². The van der Waals surface area contributed by atoms with Crippen molar-refractivity contribution in [3.63, 3.8) is 0 Å². The van der Waals surface area contributed by atoms with Gasteiger partial charge in [-0.2, -0.15) is 0 Å². The molecule has 2 atom stereocenters. The lowest BCUT2D eigenvalue weighted by Crippen LogP contribution is -2.41. The Bertz CT molecular complexity index is 1000. The molecule has 1 aliphatic heterocycles. The average Bonchev–Trinajstić information content (AvgIpc) is 3.19. The molecule has 0 radical (unpaired) electrons. The van der Waals surface area contributed by atoms with Crippen LogP contribution in [0.25, 0.3) is 10.2 Å². The Balaban J connectivity index is 1.52. The molecule has 1 saturated heterocycles. The zero-order chi connectivity index (χ0) is 19.9. The molecule has 28 heavy (non-hydrogen) atoms. The monoisotopic (exact) mass is 439 g/mol. The van der Waals surface area contributed by atoms with Gasteiger partial charge in [-0.05, 0) is 44.1 Å². The predicted molar refractivity (Wildman–Crippen MR) is 114 cm³/mol. The molecule has 2 aromatic heterocycles. The largest absolute Gasteiger partial charge is 0.338 e. The van der Waals surface area contributed by atoms with Gasteiger partial charge in [0.25, 0.3) is 0 Å². The lowest BCUT2D eigenvalue weighted by molar-refractivity contribution is -0.129. The number of fused-ring (bicyclic) bond motifs is 3. The Morgan fingerprint density at radius 1 is 1.36 bits per heavy atom. The predicted octanol–water partition coefficient (Wildman–Crippen LogP) is 2.94. The van der Waals surface area contributed by atoms with Crippen LogP contribution in [0.1, 0.15) is 37.1 Å². The standard InChI is InChI=1S/C19H25N3O3S3/c1-3-22(13-6-7-28(24,25)10-13)16(23)9-26-18-17-14-5-4-12(2)8-15(14)27-19(17)21-11-20-18/h11-13H,3-10H2,1-2H3. The van der Waals surface area contributed by atoms with Gasteiger partial charge in [-0.15, -0.1) is 11.3 Å². The first-order valence-electron chi connectivity index (χ1n) is 9.76. The van der Waals surface area contributed by atoms with Crippen molar-refractivity contribution in [3.8, 4) is 0 Å². The number of sulfone groups is 1. The number of thioether (sulfide) groups is 1. The summed E-state index contributed by atoms with van der Waals surface area (Å²) in [5.41, 5.74) is 1.36. The van der Waals surface area contributed by atoms with Crippen LogP contribution in [0.5, 0.6) is 0 Å². The molecule has 152 valence electrons. The van der Waals surface area contributed by atoms with Crippen LogP contribution in [0, 0.1) is 5.92 Å². The van der Waals surface area contributed by atoms with Gasteiger partial charge in [0.1, 0.15) is 16.2 Å². The summed E-state index contributed by atoms with van der Waals surface area (Å²) in [4.78, 5) is 25.9. The first-order valence-corrected chi connectivity index (χ1v) is 13.4. The summed E-state index contributed by atoms with van der Waals surface area (Å²) < 4.78 is 23.6. The smallest absolute Gasteiger partial charge is 0.233 e. The zero-order valence-electron chi connectivity index (χ0n) is 16.2. The molecule has 2 unspecified atom stereocenters. The molecule has 4 rings (SSSR count). The maximum Gasteiger partial charge on any atom is 0.233 e. The highest BCUT2D eigenvalue weighted by molar-refractivity contribution is 8.00. The zero-order valence-corrected chi connectivity index (χ0v) is 18.6. The minimum absolute atomic E-state index is 0.0147. The number of aromatic nitrogens is 2. The Morgan fingerprint density at radius 3 is 2.89 bits per heavy atom. The van der Waals surface area contributed by atoms with E-state index in [2.05, 4.69) is 16.9 Å². The van der Waals surface area contributed by atoms with E-state index >= 15 is 0 Å². The fourth-order valence-corrected chi connectivity index (χ4v) is 8.29. The molecular formula is C19H25N3O3S3. The van der Waals surface area contributed by atoms with E-state index in [-0.39, 0.29) is 29.2 Å². The van der Waals surface area contributed by atoms with Crippen LogP contribution in [-0.2, 0) is 27.5 Å². The molecule has 0 spiro atoms. The van der Waals surface area contributed by atoms with Crippen LogP contribution < -0.4 is 0 Å². The van der Waals surface area contributed by atoms with Gasteiger partial charge >= 0.3 is 0 Å². The van der Waals surface area contributed by atoms with Crippen LogP contribution in [0.4, 0.5) is 0 Å². The summed E-state index contributed by atoms with van der Waals surface area (Å²) in [7, 11) is -3.01. The number of hydrogen-bond acceptors (Lipinski definition) is 7. The SMILES string of the molecule is CCN(C(=O)CSc1ncnc2sc3c(c12)CCC(C)C3)C1CCS(=O)(=O)C1. The maximum absolute atomic E-state index is 12.8. The van der Waals surface area contributed by atoms with Crippen LogP contribution in [-0.4, -0.2) is 59.0 Å². The fourth-order valence-electron chi connectivity index (χ4n) is 4.23. The van der Waals surface area contributed by atoms with Crippen LogP contribution in [0.15, 0.2) is 11.4 Å². The number of amides is 1. The third-order valence-corrected chi connectivity index (χ3v) is 9.59. The number of carbonyl (C=O) groups is 1. The third-order valence-electron chi connectivity index (χ3n) is 5.70. The Kier molecular flexibility index (Phi) is 5.68. The van der Waals surface area contributed by atoms with Crippen molar-refractivity contribution in [3.05, 3.63) is 16.8 Å². The minimum atomic E-state index is -3.01. The summed E-state index contributed by atoms with van der Waals surface area (Å²) in [6.07, 6.45) is 5.45. The van der Waals surface area contributed by atoms with Crippen molar-refractivity contribution >= 4 is 49.1 Å². The number of carbonyl (C=O) groups excluding carboxylic acids is 1. The van der Waals surface area contributed by atoms with Gasteiger partial charge in [-0.1, -0.05) is 18.7 Å². The van der Waals surface area contributed by atoms with E-state index < -0.39 is 9.84 Å². The molecule has 0 N–H and O–H groups in total. The van der Waals surface area contributed by atoms with E-state index in [1.54, 1.807) is 22.6 Å². The van der Waals surface area contributed by atoms with Gasteiger partial charge in [0, 0.05) is 22.8 Å². The lowest BCUT2D eigenvalue weighted by Gasteiger charge is -2.26. The quantitative estimate of drug-likeness (QED) is 0.526. The van der Waals surface area contributed by atoms with E-state index in [0.29, 0.717) is 18.9 Å². The lowest BCUT2D eigenvalue weighted by atomic mass is 9.89. The summed E-state index contributed by atoms with van der Waals surface area (Å²) in [6, 6.07) is -0.191. The Labute approximate surface area is 174 Å². The van der Waals surface area contributed by atoms with E-state index in [1.165, 1.54) is 28.6 Å². The first kappa shape index (κ1) is 20.1. The van der Waals surface area contributed by atoms with E-state index in [1.807, 2.05) is 6.92 Å². The number of nitrogens with zero attached hydrogens (tertiary/aromatic N) is 3. The minimum Gasteiger partial charge on any atom is -0.338 e. The van der Waals surface area contributed by atoms with Gasteiger partial charge in [-0.25, -0.2) is 18.4 Å². The van der Waals surface area contributed by atoms with E-state index in [0.717, 1.165) is 28.1 Å². The van der Waals surface area contributed by atoms with Gasteiger partial charge in [0.15, 0.2) is 9.84 Å². The molecule has 0 bridgehead atoms. The van der Waals surface area contributed by atoms with Crippen LogP contribution in [0.3, 0.4) is 0 Å². The maximum atomic E-state index is 12.8. The highest BCUT2D eigenvalue weighted by atomic mass is 32.2. The average molecular weight is 440 g/mol. The summed E-state index contributed by atoms with van der Waals surface area (Å²) in [5, 5.41) is 2.00. The second kappa shape index (κ2) is 7.91. The summed E-state index contributed by atoms with van der Waals surface area (Å²) in [5.74, 6) is 1.23. The van der Waals surface area contributed by atoms with Gasteiger partial charge in [0.05, 0.1) is 17.3 Å². The normalized spacial score (nSPS) is 23.6. The molecule has 2 aliphatic rings. The summed E-state index contributed by atoms with van der Waals surface area (Å²) >= 11 is 3.21. The van der Waals surface area contributed by atoms with Gasteiger partial charge in [-0.3, -0.25) is 4.79 Å². The number of aryl methyl sites for hydroxylation is 1.